The number of hydrogen-bond donors (Lipinski definition) is 1. The Morgan fingerprint density at radius 3 is 2.00 bits per heavy atom. The van der Waals surface area contributed by atoms with E-state index in [1.54, 1.807) is 0 Å². The first-order chi connectivity index (χ1) is 2.77. The first-order valence-corrected chi connectivity index (χ1v) is 2.15. The van der Waals surface area contributed by atoms with Gasteiger partial charge in [0, 0.05) is 6.04 Å². The fraction of sp³-hybridized carbons (Fsp3) is 0.600. The molecule has 0 saturated carbocycles. The van der Waals surface area contributed by atoms with Gasteiger partial charge in [0.1, 0.15) is 0 Å². The molecule has 44 valence electrons. The summed E-state index contributed by atoms with van der Waals surface area (Å²) in [6.07, 6.45) is 3.89. The van der Waals surface area contributed by atoms with Gasteiger partial charge in [-0.15, -0.1) is 12.4 Å². The molecule has 0 aromatic heterocycles. The quantitative estimate of drug-likeness (QED) is 0.521. The van der Waals surface area contributed by atoms with Crippen LogP contribution >= 0.6 is 12.4 Å². The van der Waals surface area contributed by atoms with Crippen molar-refractivity contribution in [2.45, 2.75) is 19.9 Å². The molecule has 0 aliphatic rings. The van der Waals surface area contributed by atoms with Gasteiger partial charge in [-0.3, -0.25) is 0 Å². The molecular weight excluding hydrogens is 110 g/mol. The standard InChI is InChI=1S/C5H11N.ClH/c1-3-4-5(2)6;/h3-5H,6H2,1-2H3;1H. The summed E-state index contributed by atoms with van der Waals surface area (Å²) in [5.74, 6) is 0. The highest BCUT2D eigenvalue weighted by molar-refractivity contribution is 5.85. The van der Waals surface area contributed by atoms with E-state index in [2.05, 4.69) is 0 Å². The van der Waals surface area contributed by atoms with Gasteiger partial charge < -0.3 is 5.73 Å². The molecule has 0 aliphatic heterocycles. The summed E-state index contributed by atoms with van der Waals surface area (Å²) in [6, 6.07) is 0.218. The molecule has 1 unspecified atom stereocenters. The molecule has 1 nitrogen and oxygen atoms in total. The summed E-state index contributed by atoms with van der Waals surface area (Å²) in [7, 11) is 0. The van der Waals surface area contributed by atoms with E-state index in [0.29, 0.717) is 0 Å². The fourth-order valence-corrected chi connectivity index (χ4v) is 0.304. The van der Waals surface area contributed by atoms with Crippen molar-refractivity contribution in [3.63, 3.8) is 0 Å². The number of nitrogens with two attached hydrogens (primary N) is 1. The monoisotopic (exact) mass is 121 g/mol. The Bertz CT molecular complexity index is 50.0. The van der Waals surface area contributed by atoms with Crippen LogP contribution in [-0.2, 0) is 0 Å². The van der Waals surface area contributed by atoms with E-state index in [0.717, 1.165) is 0 Å². The van der Waals surface area contributed by atoms with Crippen molar-refractivity contribution in [1.82, 2.24) is 0 Å². The first kappa shape index (κ1) is 10.1. The van der Waals surface area contributed by atoms with Crippen LogP contribution in [0.15, 0.2) is 12.2 Å². The lowest BCUT2D eigenvalue weighted by molar-refractivity contribution is 0.924. The highest BCUT2D eigenvalue weighted by Crippen LogP contribution is 1.74. The zero-order chi connectivity index (χ0) is 4.99. The topological polar surface area (TPSA) is 26.0 Å². The summed E-state index contributed by atoms with van der Waals surface area (Å²) in [4.78, 5) is 0. The van der Waals surface area contributed by atoms with E-state index >= 15 is 0 Å². The van der Waals surface area contributed by atoms with E-state index in [9.17, 15) is 0 Å². The maximum Gasteiger partial charge on any atom is 0.0194 e. The highest BCUT2D eigenvalue weighted by atomic mass is 35.5. The van der Waals surface area contributed by atoms with E-state index in [-0.39, 0.29) is 18.4 Å². The van der Waals surface area contributed by atoms with Crippen LogP contribution in [0.3, 0.4) is 0 Å². The molecule has 0 aromatic carbocycles. The third-order valence-electron chi connectivity index (χ3n) is 0.496. The molecule has 2 heteroatoms. The number of hydrogen-bond acceptors (Lipinski definition) is 1. The maximum absolute atomic E-state index is 5.32. The lowest BCUT2D eigenvalue weighted by Crippen LogP contribution is -2.09. The Morgan fingerprint density at radius 2 is 2.00 bits per heavy atom. The van der Waals surface area contributed by atoms with Crippen molar-refractivity contribution in [2.24, 2.45) is 5.73 Å². The van der Waals surface area contributed by atoms with Crippen LogP contribution in [0.1, 0.15) is 13.8 Å². The minimum atomic E-state index is 0. The zero-order valence-electron chi connectivity index (χ0n) is 4.72. The largest absolute Gasteiger partial charge is 0.325 e. The van der Waals surface area contributed by atoms with Crippen molar-refractivity contribution < 1.29 is 0 Å². The van der Waals surface area contributed by atoms with Gasteiger partial charge in [0.25, 0.3) is 0 Å². The summed E-state index contributed by atoms with van der Waals surface area (Å²) in [5, 5.41) is 0. The Hall–Kier alpha value is -0.0100. The van der Waals surface area contributed by atoms with Crippen LogP contribution in [0.5, 0.6) is 0 Å². The molecule has 0 saturated heterocycles. The van der Waals surface area contributed by atoms with Crippen molar-refractivity contribution in [2.75, 3.05) is 0 Å². The van der Waals surface area contributed by atoms with Crippen LogP contribution in [0.4, 0.5) is 0 Å². The number of allylic oxidation sites excluding steroid dienone is 1. The van der Waals surface area contributed by atoms with Gasteiger partial charge in [-0.1, -0.05) is 12.2 Å². The van der Waals surface area contributed by atoms with Crippen LogP contribution in [-0.4, -0.2) is 6.04 Å². The van der Waals surface area contributed by atoms with E-state index < -0.39 is 0 Å². The molecule has 2 N–H and O–H groups in total. The van der Waals surface area contributed by atoms with E-state index in [4.69, 9.17) is 5.73 Å². The van der Waals surface area contributed by atoms with Gasteiger partial charge in [0.05, 0.1) is 0 Å². The van der Waals surface area contributed by atoms with Gasteiger partial charge in [0.15, 0.2) is 0 Å². The first-order valence-electron chi connectivity index (χ1n) is 2.15. The van der Waals surface area contributed by atoms with Crippen LogP contribution in [0, 0.1) is 0 Å². The smallest absolute Gasteiger partial charge is 0.0194 e. The summed E-state index contributed by atoms with van der Waals surface area (Å²) < 4.78 is 0. The Labute approximate surface area is 51.0 Å². The van der Waals surface area contributed by atoms with Crippen LogP contribution in [0.25, 0.3) is 0 Å². The molecule has 0 heterocycles. The lowest BCUT2D eigenvalue weighted by Gasteiger charge is -1.88. The van der Waals surface area contributed by atoms with Gasteiger partial charge in [-0.25, -0.2) is 0 Å². The van der Waals surface area contributed by atoms with Crippen LogP contribution in [0.2, 0.25) is 0 Å². The number of rotatable bonds is 1. The second-order valence-electron chi connectivity index (χ2n) is 1.38. The molecular formula is C5H12ClN. The molecule has 0 aliphatic carbocycles. The van der Waals surface area contributed by atoms with Crippen molar-refractivity contribution >= 4 is 12.4 Å². The Morgan fingerprint density at radius 1 is 1.57 bits per heavy atom. The SMILES string of the molecule is CC=CC(C)N.Cl. The minimum absolute atomic E-state index is 0. The minimum Gasteiger partial charge on any atom is -0.325 e. The lowest BCUT2D eigenvalue weighted by atomic mass is 10.3. The summed E-state index contributed by atoms with van der Waals surface area (Å²) >= 11 is 0. The number of halogens is 1. The molecule has 0 amide bonds. The molecule has 0 spiro atoms. The molecule has 0 aromatic rings. The van der Waals surface area contributed by atoms with Gasteiger partial charge >= 0.3 is 0 Å². The molecule has 0 rings (SSSR count). The van der Waals surface area contributed by atoms with Crippen molar-refractivity contribution in [3.8, 4) is 0 Å². The molecule has 1 atom stereocenters. The highest BCUT2D eigenvalue weighted by Gasteiger charge is 1.75. The van der Waals surface area contributed by atoms with Crippen molar-refractivity contribution in [1.29, 1.82) is 0 Å². The van der Waals surface area contributed by atoms with Gasteiger partial charge in [-0.05, 0) is 13.8 Å². The van der Waals surface area contributed by atoms with Crippen molar-refractivity contribution in [3.05, 3.63) is 12.2 Å². The zero-order valence-corrected chi connectivity index (χ0v) is 5.53. The average Bonchev–Trinajstić information content (AvgIpc) is 1.35. The Balaban J connectivity index is 0. The molecule has 7 heavy (non-hydrogen) atoms. The van der Waals surface area contributed by atoms with Crippen LogP contribution < -0.4 is 5.73 Å². The second-order valence-corrected chi connectivity index (χ2v) is 1.38. The second kappa shape index (κ2) is 5.99. The summed E-state index contributed by atoms with van der Waals surface area (Å²) in [5.41, 5.74) is 5.32. The molecule has 0 radical (unpaired) electrons. The van der Waals surface area contributed by atoms with Gasteiger partial charge in [-0.2, -0.15) is 0 Å². The molecule has 0 fully saturated rings. The third kappa shape index (κ3) is 10.7. The molecule has 0 bridgehead atoms. The predicted octanol–water partition coefficient (Wildman–Crippen LogP) is 1.33. The van der Waals surface area contributed by atoms with E-state index in [1.165, 1.54) is 0 Å². The average molecular weight is 122 g/mol. The van der Waals surface area contributed by atoms with Gasteiger partial charge in [0.2, 0.25) is 0 Å². The third-order valence-corrected chi connectivity index (χ3v) is 0.496. The summed E-state index contributed by atoms with van der Waals surface area (Å²) in [6.45, 7) is 3.91. The van der Waals surface area contributed by atoms with E-state index in [1.807, 2.05) is 26.0 Å². The fourth-order valence-electron chi connectivity index (χ4n) is 0.304. The Kier molecular flexibility index (Phi) is 8.62. The maximum atomic E-state index is 5.32. The normalized spacial score (nSPS) is 13.6. The predicted molar refractivity (Wildman–Crippen MR) is 35.7 cm³/mol.